The maximum atomic E-state index is 12.8. The maximum absolute atomic E-state index is 12.8. The molecular formula is C46H84O12S. The first-order valence-electron chi connectivity index (χ1n) is 23.2. The first-order chi connectivity index (χ1) is 28.6. The van der Waals surface area contributed by atoms with Crippen molar-refractivity contribution in [2.24, 2.45) is 0 Å². The third kappa shape index (κ3) is 31.8. The predicted octanol–water partition coefficient (Wildman–Crippen LogP) is 9.80. The second-order valence-corrected chi connectivity index (χ2v) is 17.0. The van der Waals surface area contributed by atoms with E-state index < -0.39 is 59.8 Å². The number of carbonyl (C=O) groups is 1. The van der Waals surface area contributed by atoms with Crippen LogP contribution in [-0.2, 0) is 38.3 Å². The molecule has 13 heteroatoms. The molecule has 0 saturated carbocycles. The van der Waals surface area contributed by atoms with Gasteiger partial charge >= 0.3 is 16.4 Å². The van der Waals surface area contributed by atoms with Gasteiger partial charge in [0, 0.05) is 13.0 Å². The summed E-state index contributed by atoms with van der Waals surface area (Å²) in [6.07, 6.45) is 34.9. The molecule has 59 heavy (non-hydrogen) atoms. The molecule has 1 aliphatic rings. The summed E-state index contributed by atoms with van der Waals surface area (Å²) in [7, 11) is -5.06. The van der Waals surface area contributed by atoms with E-state index in [0.29, 0.717) is 13.0 Å². The molecule has 1 rings (SSSR count). The minimum absolute atomic E-state index is 0.0351. The van der Waals surface area contributed by atoms with Gasteiger partial charge in [-0.2, -0.15) is 8.42 Å². The van der Waals surface area contributed by atoms with E-state index in [2.05, 4.69) is 54.5 Å². The summed E-state index contributed by atoms with van der Waals surface area (Å²) in [5.41, 5.74) is 0. The van der Waals surface area contributed by atoms with Crippen LogP contribution in [0.25, 0.3) is 0 Å². The minimum atomic E-state index is -5.06. The van der Waals surface area contributed by atoms with E-state index in [1.807, 2.05) is 0 Å². The van der Waals surface area contributed by atoms with E-state index >= 15 is 0 Å². The van der Waals surface area contributed by atoms with Gasteiger partial charge in [-0.3, -0.25) is 9.35 Å². The summed E-state index contributed by atoms with van der Waals surface area (Å²) in [6.45, 7) is 3.93. The van der Waals surface area contributed by atoms with Crippen molar-refractivity contribution in [3.8, 4) is 0 Å². The Morgan fingerprint density at radius 2 is 1.12 bits per heavy atom. The number of rotatable bonds is 40. The van der Waals surface area contributed by atoms with Crippen LogP contribution in [0.4, 0.5) is 0 Å². The Morgan fingerprint density at radius 3 is 1.63 bits per heavy atom. The molecule has 0 aromatic rings. The Morgan fingerprint density at radius 1 is 0.644 bits per heavy atom. The average Bonchev–Trinajstić information content (AvgIpc) is 3.20. The molecule has 0 aromatic carbocycles. The zero-order valence-corrected chi connectivity index (χ0v) is 37.6. The van der Waals surface area contributed by atoms with Crippen molar-refractivity contribution in [2.75, 3.05) is 26.4 Å². The SMILES string of the molecule is CCCCCCC/C=C\C/C=C\C/C=C\CCCCCCCCCCCCC(=O)OC(COCCCCCCCCC)COC1OC(CO)C(O)C(OS(=O)(=O)O)C1O. The van der Waals surface area contributed by atoms with Crippen LogP contribution in [-0.4, -0.2) is 97.5 Å². The lowest BCUT2D eigenvalue weighted by atomic mass is 9.99. The number of hydrogen-bond donors (Lipinski definition) is 4. The molecule has 6 atom stereocenters. The molecule has 12 nitrogen and oxygen atoms in total. The molecule has 0 radical (unpaired) electrons. The fourth-order valence-electron chi connectivity index (χ4n) is 6.97. The number of ether oxygens (including phenoxy) is 4. The monoisotopic (exact) mass is 861 g/mol. The Balaban J connectivity index is 2.28. The summed E-state index contributed by atoms with van der Waals surface area (Å²) in [6, 6.07) is 0. The number of esters is 1. The van der Waals surface area contributed by atoms with Gasteiger partial charge in [-0.1, -0.05) is 166 Å². The summed E-state index contributed by atoms with van der Waals surface area (Å²) in [5, 5.41) is 30.6. The fourth-order valence-corrected chi connectivity index (χ4v) is 7.48. The smallest absolute Gasteiger partial charge is 0.397 e. The Hall–Kier alpha value is -1.68. The predicted molar refractivity (Wildman–Crippen MR) is 234 cm³/mol. The lowest BCUT2D eigenvalue weighted by molar-refractivity contribution is -0.301. The van der Waals surface area contributed by atoms with Crippen LogP contribution >= 0.6 is 0 Å². The highest BCUT2D eigenvalue weighted by Crippen LogP contribution is 2.26. The molecule has 0 amide bonds. The summed E-state index contributed by atoms with van der Waals surface area (Å²) < 4.78 is 58.8. The standard InChI is InChI=1S/C46H84O12S/c1-3-5-7-9-11-12-13-14-15-16-17-18-19-20-21-22-23-24-25-26-27-28-29-31-33-35-42(48)56-40(38-54-36-34-32-30-10-8-6-4-2)39-55-46-44(50)45(58-59(51,52)53)43(49)41(37-47)57-46/h13-14,16-17,19-20,40-41,43-47,49-50H,3-12,15,18,21-39H2,1-2H3,(H,51,52,53)/b14-13-,17-16-,20-19-. The number of carbonyl (C=O) groups excluding carboxylic acids is 1. The second kappa shape index (κ2) is 38.0. The average molecular weight is 861 g/mol. The van der Waals surface area contributed by atoms with E-state index in [4.69, 9.17) is 23.5 Å². The quantitative estimate of drug-likeness (QED) is 0.0199. The second-order valence-electron chi connectivity index (χ2n) is 16.0. The zero-order valence-electron chi connectivity index (χ0n) is 36.8. The zero-order chi connectivity index (χ0) is 43.2. The first kappa shape index (κ1) is 55.3. The van der Waals surface area contributed by atoms with Gasteiger partial charge in [0.05, 0.1) is 19.8 Å². The summed E-state index contributed by atoms with van der Waals surface area (Å²) >= 11 is 0. The first-order valence-corrected chi connectivity index (χ1v) is 24.6. The highest BCUT2D eigenvalue weighted by Gasteiger charge is 2.48. The molecule has 1 heterocycles. The van der Waals surface area contributed by atoms with Crippen LogP contribution in [0, 0.1) is 0 Å². The topological polar surface area (TPSA) is 178 Å². The third-order valence-corrected chi connectivity index (χ3v) is 11.0. The van der Waals surface area contributed by atoms with Crippen molar-refractivity contribution >= 4 is 16.4 Å². The molecule has 1 fully saturated rings. The molecule has 0 spiro atoms. The van der Waals surface area contributed by atoms with Crippen LogP contribution < -0.4 is 0 Å². The van der Waals surface area contributed by atoms with Gasteiger partial charge in [0.2, 0.25) is 0 Å². The van der Waals surface area contributed by atoms with Gasteiger partial charge in [0.15, 0.2) is 6.29 Å². The van der Waals surface area contributed by atoms with E-state index in [1.54, 1.807) is 0 Å². The molecule has 4 N–H and O–H groups in total. The lowest BCUT2D eigenvalue weighted by Crippen LogP contribution is -2.60. The summed E-state index contributed by atoms with van der Waals surface area (Å²) in [5.74, 6) is -0.405. The van der Waals surface area contributed by atoms with E-state index in [-0.39, 0.29) is 19.6 Å². The van der Waals surface area contributed by atoms with E-state index in [1.165, 1.54) is 103 Å². The van der Waals surface area contributed by atoms with Crippen LogP contribution in [0.5, 0.6) is 0 Å². The molecule has 0 bridgehead atoms. The molecular weight excluding hydrogens is 777 g/mol. The minimum Gasteiger partial charge on any atom is -0.457 e. The van der Waals surface area contributed by atoms with Crippen molar-refractivity contribution in [1.82, 2.24) is 0 Å². The van der Waals surface area contributed by atoms with Gasteiger partial charge in [-0.25, -0.2) is 4.18 Å². The number of unbranched alkanes of at least 4 members (excludes halogenated alkanes) is 21. The maximum Gasteiger partial charge on any atom is 0.397 e. The normalized spacial score (nSPS) is 20.7. The molecule has 346 valence electrons. The van der Waals surface area contributed by atoms with Crippen LogP contribution in [0.1, 0.15) is 187 Å². The summed E-state index contributed by atoms with van der Waals surface area (Å²) in [4.78, 5) is 12.8. The van der Waals surface area contributed by atoms with Crippen molar-refractivity contribution in [3.05, 3.63) is 36.5 Å². The molecule has 0 aliphatic carbocycles. The Bertz CT molecular complexity index is 1180. The number of allylic oxidation sites excluding steroid dienone is 6. The van der Waals surface area contributed by atoms with Gasteiger partial charge in [0.25, 0.3) is 0 Å². The van der Waals surface area contributed by atoms with Crippen molar-refractivity contribution in [1.29, 1.82) is 0 Å². The Labute approximate surface area is 358 Å². The molecule has 0 aromatic heterocycles. The van der Waals surface area contributed by atoms with Gasteiger partial charge < -0.3 is 34.3 Å². The van der Waals surface area contributed by atoms with Crippen molar-refractivity contribution < 1.29 is 56.2 Å². The van der Waals surface area contributed by atoms with Gasteiger partial charge in [0.1, 0.15) is 30.5 Å². The van der Waals surface area contributed by atoms with Crippen LogP contribution in [0.2, 0.25) is 0 Å². The number of hydrogen-bond acceptors (Lipinski definition) is 11. The molecule has 1 aliphatic heterocycles. The third-order valence-electron chi connectivity index (χ3n) is 10.5. The highest BCUT2D eigenvalue weighted by molar-refractivity contribution is 7.80. The van der Waals surface area contributed by atoms with Crippen molar-refractivity contribution in [2.45, 2.75) is 224 Å². The number of aliphatic hydroxyl groups is 3. The fraction of sp³-hybridized carbons (Fsp3) is 0.848. The number of aliphatic hydroxyl groups excluding tert-OH is 3. The van der Waals surface area contributed by atoms with E-state index in [9.17, 15) is 28.5 Å². The Kier molecular flexibility index (Phi) is 35.7. The van der Waals surface area contributed by atoms with Gasteiger partial charge in [-0.05, 0) is 51.4 Å². The van der Waals surface area contributed by atoms with Crippen LogP contribution in [0.3, 0.4) is 0 Å². The van der Waals surface area contributed by atoms with E-state index in [0.717, 1.165) is 57.8 Å². The van der Waals surface area contributed by atoms with Crippen LogP contribution in [0.15, 0.2) is 36.5 Å². The lowest BCUT2D eigenvalue weighted by Gasteiger charge is -2.41. The molecule has 6 unspecified atom stereocenters. The largest absolute Gasteiger partial charge is 0.457 e. The van der Waals surface area contributed by atoms with Crippen molar-refractivity contribution in [3.63, 3.8) is 0 Å². The van der Waals surface area contributed by atoms with Gasteiger partial charge in [-0.15, -0.1) is 0 Å². The molecule has 1 saturated heterocycles. The highest BCUT2D eigenvalue weighted by atomic mass is 32.3.